The van der Waals surface area contributed by atoms with Crippen molar-refractivity contribution < 1.29 is 0 Å². The summed E-state index contributed by atoms with van der Waals surface area (Å²) >= 11 is 0. The molecule has 0 spiro atoms. The van der Waals surface area contributed by atoms with E-state index in [1.165, 1.54) is 0 Å². The highest BCUT2D eigenvalue weighted by molar-refractivity contribution is 5.76. The van der Waals surface area contributed by atoms with Crippen LogP contribution in [-0.2, 0) is 0 Å². The zero-order chi connectivity index (χ0) is 7.52. The minimum atomic E-state index is 0.337. The van der Waals surface area contributed by atoms with Crippen molar-refractivity contribution in [3.05, 3.63) is 24.4 Å². The van der Waals surface area contributed by atoms with E-state index in [4.69, 9.17) is 0 Å². The van der Waals surface area contributed by atoms with E-state index < -0.39 is 0 Å². The van der Waals surface area contributed by atoms with Crippen molar-refractivity contribution >= 4 is 12.4 Å². The molecule has 11 heavy (non-hydrogen) atoms. The van der Waals surface area contributed by atoms with Crippen LogP contribution in [0.3, 0.4) is 0 Å². The first-order valence-corrected chi connectivity index (χ1v) is 3.85. The number of hydrogen-bond donors (Lipinski definition) is 0. The van der Waals surface area contributed by atoms with Crippen molar-refractivity contribution in [2.45, 2.75) is 12.5 Å². The predicted octanol–water partition coefficient (Wildman–Crippen LogP) is 1.60. The van der Waals surface area contributed by atoms with Gasteiger partial charge < -0.3 is 0 Å². The minimum absolute atomic E-state index is 0.337. The van der Waals surface area contributed by atoms with Gasteiger partial charge in [0.1, 0.15) is 0 Å². The SMILES string of the molecule is C1=CC(C2C=NC=CC2)N=C1. The average Bonchev–Trinajstić information content (AvgIpc) is 2.58. The second-order valence-corrected chi connectivity index (χ2v) is 2.76. The fraction of sp³-hybridized carbons (Fsp3) is 0.333. The first-order valence-electron chi connectivity index (χ1n) is 3.85. The molecule has 0 amide bonds. The monoisotopic (exact) mass is 146 g/mol. The second-order valence-electron chi connectivity index (χ2n) is 2.76. The Balaban J connectivity index is 2.05. The molecule has 2 heterocycles. The Bertz CT molecular complexity index is 236. The molecule has 2 rings (SSSR count). The van der Waals surface area contributed by atoms with Gasteiger partial charge in [0.25, 0.3) is 0 Å². The van der Waals surface area contributed by atoms with Crippen molar-refractivity contribution in [1.29, 1.82) is 0 Å². The standard InChI is InChI=1S/C9H10N2/c1-3-8(7-10-5-1)9-4-2-6-11-9/h1-2,4-9H,3H2. The van der Waals surface area contributed by atoms with Gasteiger partial charge in [-0.2, -0.15) is 0 Å². The summed E-state index contributed by atoms with van der Waals surface area (Å²) < 4.78 is 0. The lowest BCUT2D eigenvalue weighted by molar-refractivity contribution is 0.632. The van der Waals surface area contributed by atoms with E-state index >= 15 is 0 Å². The molecule has 2 aliphatic rings. The minimum Gasteiger partial charge on any atom is -0.285 e. The van der Waals surface area contributed by atoms with E-state index in [1.807, 2.05) is 24.7 Å². The molecule has 0 aromatic carbocycles. The summed E-state index contributed by atoms with van der Waals surface area (Å²) in [5.41, 5.74) is 0. The first kappa shape index (κ1) is 6.53. The third-order valence-electron chi connectivity index (χ3n) is 1.97. The van der Waals surface area contributed by atoms with Gasteiger partial charge in [0.05, 0.1) is 6.04 Å². The molecule has 0 aromatic rings. The molecule has 2 unspecified atom stereocenters. The Morgan fingerprint density at radius 2 is 2.36 bits per heavy atom. The summed E-state index contributed by atoms with van der Waals surface area (Å²) in [4.78, 5) is 8.39. The van der Waals surface area contributed by atoms with Gasteiger partial charge >= 0.3 is 0 Å². The molecule has 56 valence electrons. The van der Waals surface area contributed by atoms with Crippen LogP contribution < -0.4 is 0 Å². The topological polar surface area (TPSA) is 24.7 Å². The molecule has 2 atom stereocenters. The quantitative estimate of drug-likeness (QED) is 0.537. The zero-order valence-electron chi connectivity index (χ0n) is 6.22. The molecular formula is C9H10N2. The van der Waals surface area contributed by atoms with Crippen molar-refractivity contribution in [3.63, 3.8) is 0 Å². The molecule has 0 fully saturated rings. The van der Waals surface area contributed by atoms with Crippen molar-refractivity contribution in [2.24, 2.45) is 15.9 Å². The summed E-state index contributed by atoms with van der Waals surface area (Å²) in [6, 6.07) is 0.337. The van der Waals surface area contributed by atoms with Gasteiger partial charge in [-0.05, 0) is 12.5 Å². The number of aliphatic imine (C=N–C) groups is 2. The van der Waals surface area contributed by atoms with Crippen LogP contribution in [0.2, 0.25) is 0 Å². The molecule has 2 nitrogen and oxygen atoms in total. The summed E-state index contributed by atoms with van der Waals surface area (Å²) in [6.07, 6.45) is 13.0. The molecule has 2 heteroatoms. The molecule has 0 saturated carbocycles. The average molecular weight is 146 g/mol. The van der Waals surface area contributed by atoms with Crippen LogP contribution >= 0.6 is 0 Å². The Hall–Kier alpha value is -1.18. The highest BCUT2D eigenvalue weighted by Gasteiger charge is 2.17. The largest absolute Gasteiger partial charge is 0.285 e. The molecule has 0 bridgehead atoms. The van der Waals surface area contributed by atoms with E-state index in [0.29, 0.717) is 12.0 Å². The predicted molar refractivity (Wildman–Crippen MR) is 47.2 cm³/mol. The van der Waals surface area contributed by atoms with Gasteiger partial charge in [-0.1, -0.05) is 12.2 Å². The van der Waals surface area contributed by atoms with E-state index in [-0.39, 0.29) is 0 Å². The Morgan fingerprint density at radius 1 is 1.36 bits per heavy atom. The lowest BCUT2D eigenvalue weighted by atomic mass is 9.97. The number of hydrogen-bond acceptors (Lipinski definition) is 2. The maximum Gasteiger partial charge on any atom is 0.0763 e. The molecule has 0 aliphatic carbocycles. The van der Waals surface area contributed by atoms with Crippen molar-refractivity contribution in [2.75, 3.05) is 0 Å². The van der Waals surface area contributed by atoms with Crippen molar-refractivity contribution in [1.82, 2.24) is 0 Å². The Morgan fingerprint density at radius 3 is 3.00 bits per heavy atom. The summed E-state index contributed by atoms with van der Waals surface area (Å²) in [6.45, 7) is 0. The van der Waals surface area contributed by atoms with Crippen LogP contribution in [-0.4, -0.2) is 18.5 Å². The van der Waals surface area contributed by atoms with E-state index in [2.05, 4.69) is 22.1 Å². The summed E-state index contributed by atoms with van der Waals surface area (Å²) in [5, 5.41) is 0. The van der Waals surface area contributed by atoms with E-state index in [9.17, 15) is 0 Å². The maximum atomic E-state index is 4.30. The number of rotatable bonds is 1. The molecule has 0 saturated heterocycles. The first-order chi connectivity index (χ1) is 5.47. The van der Waals surface area contributed by atoms with Crippen molar-refractivity contribution in [3.8, 4) is 0 Å². The van der Waals surface area contributed by atoms with Crippen LogP contribution in [0.25, 0.3) is 0 Å². The van der Waals surface area contributed by atoms with E-state index in [1.54, 1.807) is 0 Å². The molecule has 2 aliphatic heterocycles. The van der Waals surface area contributed by atoms with Gasteiger partial charge in [-0.25, -0.2) is 0 Å². The fourth-order valence-electron chi connectivity index (χ4n) is 1.34. The molecule has 0 radical (unpaired) electrons. The highest BCUT2D eigenvalue weighted by atomic mass is 14.8. The van der Waals surface area contributed by atoms with Crippen LogP contribution in [0.15, 0.2) is 34.4 Å². The number of nitrogens with zero attached hydrogens (tertiary/aromatic N) is 2. The van der Waals surface area contributed by atoms with Gasteiger partial charge in [0.15, 0.2) is 0 Å². The van der Waals surface area contributed by atoms with Gasteiger partial charge in [0, 0.05) is 24.5 Å². The summed E-state index contributed by atoms with van der Waals surface area (Å²) in [5.74, 6) is 0.481. The molecule has 0 N–H and O–H groups in total. The normalized spacial score (nSPS) is 33.5. The third-order valence-corrected chi connectivity index (χ3v) is 1.97. The van der Waals surface area contributed by atoms with Gasteiger partial charge in [-0.3, -0.25) is 9.98 Å². The third kappa shape index (κ3) is 1.29. The van der Waals surface area contributed by atoms with Crippen LogP contribution in [0.4, 0.5) is 0 Å². The Kier molecular flexibility index (Phi) is 1.68. The van der Waals surface area contributed by atoms with Crippen LogP contribution in [0.5, 0.6) is 0 Å². The maximum absolute atomic E-state index is 4.30. The van der Waals surface area contributed by atoms with Gasteiger partial charge in [0.2, 0.25) is 0 Å². The highest BCUT2D eigenvalue weighted by Crippen LogP contribution is 2.17. The van der Waals surface area contributed by atoms with Crippen LogP contribution in [0.1, 0.15) is 6.42 Å². The van der Waals surface area contributed by atoms with E-state index in [0.717, 1.165) is 6.42 Å². The lowest BCUT2D eigenvalue weighted by Gasteiger charge is -2.14. The lowest BCUT2D eigenvalue weighted by Crippen LogP contribution is -2.16. The molecular weight excluding hydrogens is 136 g/mol. The summed E-state index contributed by atoms with van der Waals surface area (Å²) in [7, 11) is 0. The second kappa shape index (κ2) is 2.82. The molecule has 0 aromatic heterocycles. The smallest absolute Gasteiger partial charge is 0.0763 e. The fourth-order valence-corrected chi connectivity index (χ4v) is 1.34. The van der Waals surface area contributed by atoms with Gasteiger partial charge in [-0.15, -0.1) is 0 Å². The van der Waals surface area contributed by atoms with Crippen LogP contribution in [0, 0.1) is 5.92 Å². The number of allylic oxidation sites excluding steroid dienone is 2. The Labute approximate surface area is 66.1 Å². The zero-order valence-corrected chi connectivity index (χ0v) is 6.22.